The van der Waals surface area contributed by atoms with Crippen LogP contribution in [0.5, 0.6) is 0 Å². The normalized spacial score (nSPS) is 31.6. The van der Waals surface area contributed by atoms with Gasteiger partial charge in [-0.25, -0.2) is 0 Å². The van der Waals surface area contributed by atoms with Gasteiger partial charge in [-0.2, -0.15) is 13.2 Å². The molecule has 0 unspecified atom stereocenters. The third-order valence-electron chi connectivity index (χ3n) is 2.19. The summed E-state index contributed by atoms with van der Waals surface area (Å²) >= 11 is 0. The molecule has 0 saturated heterocycles. The van der Waals surface area contributed by atoms with Gasteiger partial charge in [-0.15, -0.1) is 0 Å². The molecule has 66 valence electrons. The first kappa shape index (κ1) is 8.84. The topological polar surface area (TPSA) is 12.0 Å². The van der Waals surface area contributed by atoms with Crippen LogP contribution in [0, 0.1) is 11.8 Å². The number of halogens is 3. The third kappa shape index (κ3) is 2.09. The molecule has 0 heterocycles. The fraction of sp³-hybridized carbons (Fsp3) is 1.00. The molecule has 0 atom stereocenters. The van der Waals surface area contributed by atoms with Gasteiger partial charge in [0.2, 0.25) is 0 Å². The number of hydrogen-bond acceptors (Lipinski definition) is 1. The fourth-order valence-electron chi connectivity index (χ4n) is 1.46. The molecule has 4 heteroatoms. The maximum absolute atomic E-state index is 11.9. The van der Waals surface area contributed by atoms with Gasteiger partial charge >= 0.3 is 6.18 Å². The Morgan fingerprint density at radius 1 is 1.36 bits per heavy atom. The Kier molecular flexibility index (Phi) is 2.42. The lowest BCUT2D eigenvalue weighted by Gasteiger charge is -2.36. The lowest BCUT2D eigenvalue weighted by Crippen LogP contribution is -2.39. The number of hydrogen-bond donors (Lipinski definition) is 1. The van der Waals surface area contributed by atoms with E-state index in [0.717, 1.165) is 0 Å². The minimum atomic E-state index is -3.95. The van der Waals surface area contributed by atoms with E-state index in [1.54, 1.807) is 7.05 Å². The van der Waals surface area contributed by atoms with E-state index in [4.69, 9.17) is 0 Å². The van der Waals surface area contributed by atoms with E-state index in [1.165, 1.54) is 0 Å². The number of alkyl halides is 3. The molecule has 0 aromatic rings. The predicted molar refractivity (Wildman–Crippen MR) is 36.2 cm³/mol. The van der Waals surface area contributed by atoms with Crippen LogP contribution < -0.4 is 5.32 Å². The van der Waals surface area contributed by atoms with Crippen LogP contribution in [0.4, 0.5) is 13.2 Å². The first-order chi connectivity index (χ1) is 5.04. The van der Waals surface area contributed by atoms with Gasteiger partial charge in [-0.3, -0.25) is 0 Å². The van der Waals surface area contributed by atoms with Gasteiger partial charge in [0.25, 0.3) is 0 Å². The smallest absolute Gasteiger partial charge is 0.319 e. The molecule has 0 aliphatic heterocycles. The van der Waals surface area contributed by atoms with Crippen molar-refractivity contribution in [2.24, 2.45) is 11.8 Å². The summed E-state index contributed by atoms with van der Waals surface area (Å²) in [5.41, 5.74) is 0. The van der Waals surface area contributed by atoms with Gasteiger partial charge in [-0.05, 0) is 32.4 Å². The first-order valence-corrected chi connectivity index (χ1v) is 3.75. The van der Waals surface area contributed by atoms with Crippen LogP contribution in [-0.2, 0) is 0 Å². The van der Waals surface area contributed by atoms with Crippen LogP contribution in [0.25, 0.3) is 0 Å². The molecule has 1 fully saturated rings. The zero-order valence-electron chi connectivity index (χ0n) is 6.41. The quantitative estimate of drug-likeness (QED) is 0.661. The van der Waals surface area contributed by atoms with Crippen LogP contribution in [0.1, 0.15) is 12.8 Å². The second-order valence-corrected chi connectivity index (χ2v) is 3.13. The Morgan fingerprint density at radius 2 is 1.91 bits per heavy atom. The highest BCUT2D eigenvalue weighted by Gasteiger charge is 2.47. The SMILES string of the molecule is CNCC1CC(C(F)(F)F)C1. The molecule has 11 heavy (non-hydrogen) atoms. The maximum atomic E-state index is 11.9. The van der Waals surface area contributed by atoms with Crippen molar-refractivity contribution in [2.45, 2.75) is 19.0 Å². The van der Waals surface area contributed by atoms with E-state index < -0.39 is 12.1 Å². The first-order valence-electron chi connectivity index (χ1n) is 3.75. The molecule has 1 nitrogen and oxygen atoms in total. The molecule has 0 aromatic carbocycles. The zero-order valence-corrected chi connectivity index (χ0v) is 6.41. The van der Waals surface area contributed by atoms with Gasteiger partial charge in [0.15, 0.2) is 0 Å². The van der Waals surface area contributed by atoms with Crippen molar-refractivity contribution in [3.63, 3.8) is 0 Å². The molecular weight excluding hydrogens is 155 g/mol. The molecule has 0 radical (unpaired) electrons. The average molecular weight is 167 g/mol. The van der Waals surface area contributed by atoms with Crippen molar-refractivity contribution in [3.05, 3.63) is 0 Å². The van der Waals surface area contributed by atoms with Crippen molar-refractivity contribution in [3.8, 4) is 0 Å². The van der Waals surface area contributed by atoms with Gasteiger partial charge < -0.3 is 5.32 Å². The Balaban J connectivity index is 2.19. The van der Waals surface area contributed by atoms with Crippen LogP contribution in [0.3, 0.4) is 0 Å². The summed E-state index contributed by atoms with van der Waals surface area (Å²) in [6.45, 7) is 0.715. The summed E-state index contributed by atoms with van der Waals surface area (Å²) in [5.74, 6) is -0.785. The van der Waals surface area contributed by atoms with Crippen molar-refractivity contribution >= 4 is 0 Å². The van der Waals surface area contributed by atoms with E-state index in [2.05, 4.69) is 5.32 Å². The molecule has 0 spiro atoms. The summed E-state index contributed by atoms with van der Waals surface area (Å²) in [4.78, 5) is 0. The standard InChI is InChI=1S/C7H12F3N/c1-11-4-5-2-6(3-5)7(8,9)10/h5-6,11H,2-4H2,1H3. The second-order valence-electron chi connectivity index (χ2n) is 3.13. The predicted octanol–water partition coefficient (Wildman–Crippen LogP) is 1.79. The molecule has 1 aliphatic carbocycles. The van der Waals surface area contributed by atoms with E-state index in [-0.39, 0.29) is 5.92 Å². The lowest BCUT2D eigenvalue weighted by atomic mass is 9.74. The van der Waals surface area contributed by atoms with Crippen molar-refractivity contribution in [1.29, 1.82) is 0 Å². The van der Waals surface area contributed by atoms with Crippen LogP contribution in [0.2, 0.25) is 0 Å². The Hall–Kier alpha value is -0.250. The van der Waals surface area contributed by atoms with Gasteiger partial charge in [-0.1, -0.05) is 0 Å². The lowest BCUT2D eigenvalue weighted by molar-refractivity contribution is -0.203. The Labute approximate surface area is 64.0 Å². The molecule has 1 rings (SSSR count). The molecule has 1 aliphatic rings. The van der Waals surface area contributed by atoms with Crippen LogP contribution >= 0.6 is 0 Å². The van der Waals surface area contributed by atoms with Gasteiger partial charge in [0.1, 0.15) is 0 Å². The molecule has 0 aromatic heterocycles. The van der Waals surface area contributed by atoms with Gasteiger partial charge in [0, 0.05) is 0 Å². The van der Waals surface area contributed by atoms with Crippen LogP contribution in [0.15, 0.2) is 0 Å². The third-order valence-corrected chi connectivity index (χ3v) is 2.19. The monoisotopic (exact) mass is 167 g/mol. The van der Waals surface area contributed by atoms with Crippen molar-refractivity contribution in [2.75, 3.05) is 13.6 Å². The molecule has 1 saturated carbocycles. The highest BCUT2D eigenvalue weighted by atomic mass is 19.4. The molecule has 1 N–H and O–H groups in total. The van der Waals surface area contributed by atoms with Crippen molar-refractivity contribution in [1.82, 2.24) is 5.32 Å². The van der Waals surface area contributed by atoms with E-state index in [0.29, 0.717) is 19.4 Å². The number of nitrogens with one attached hydrogen (secondary N) is 1. The summed E-state index contributed by atoms with van der Waals surface area (Å²) in [7, 11) is 1.76. The molecule has 0 bridgehead atoms. The van der Waals surface area contributed by atoms with E-state index in [1.807, 2.05) is 0 Å². The minimum Gasteiger partial charge on any atom is -0.319 e. The second kappa shape index (κ2) is 3.01. The Bertz CT molecular complexity index is 126. The van der Waals surface area contributed by atoms with Gasteiger partial charge in [0.05, 0.1) is 5.92 Å². The maximum Gasteiger partial charge on any atom is 0.391 e. The average Bonchev–Trinajstić information content (AvgIpc) is 1.74. The fourth-order valence-corrected chi connectivity index (χ4v) is 1.46. The highest BCUT2D eigenvalue weighted by Crippen LogP contribution is 2.44. The largest absolute Gasteiger partial charge is 0.391 e. The van der Waals surface area contributed by atoms with E-state index in [9.17, 15) is 13.2 Å². The summed E-state index contributed by atoms with van der Waals surface area (Å²) < 4.78 is 35.7. The summed E-state index contributed by atoms with van der Waals surface area (Å²) in [5, 5.41) is 2.87. The van der Waals surface area contributed by atoms with Crippen molar-refractivity contribution < 1.29 is 13.2 Å². The van der Waals surface area contributed by atoms with Crippen LogP contribution in [-0.4, -0.2) is 19.8 Å². The Morgan fingerprint density at radius 3 is 2.27 bits per heavy atom. The highest BCUT2D eigenvalue weighted by molar-refractivity contribution is 4.84. The summed E-state index contributed by atoms with van der Waals surface area (Å²) in [6, 6.07) is 0. The zero-order chi connectivity index (χ0) is 8.48. The number of rotatable bonds is 2. The minimum absolute atomic E-state index is 0.242. The molecule has 0 amide bonds. The molecular formula is C7H12F3N. The van der Waals surface area contributed by atoms with E-state index >= 15 is 0 Å². The summed E-state index contributed by atoms with van der Waals surface area (Å²) in [6.07, 6.45) is -3.33.